The molecule has 6 nitrogen and oxygen atoms in total. The summed E-state index contributed by atoms with van der Waals surface area (Å²) < 4.78 is 31.3. The number of sulfonamides is 1. The number of hydrogen-bond acceptors (Lipinski definition) is 5. The van der Waals surface area contributed by atoms with Crippen LogP contribution in [0.4, 0.5) is 5.95 Å². The third-order valence-corrected chi connectivity index (χ3v) is 3.47. The van der Waals surface area contributed by atoms with Crippen molar-refractivity contribution in [2.75, 3.05) is 11.8 Å². The summed E-state index contributed by atoms with van der Waals surface area (Å²) >= 11 is 0. The number of anilines is 1. The Bertz CT molecular complexity index is 629. The molecule has 0 fully saturated rings. The summed E-state index contributed by atoms with van der Waals surface area (Å²) in [6, 6.07) is 7.75. The Labute approximate surface area is 105 Å². The van der Waals surface area contributed by atoms with Gasteiger partial charge in [-0.2, -0.15) is 0 Å². The molecule has 1 heterocycles. The van der Waals surface area contributed by atoms with E-state index < -0.39 is 10.0 Å². The van der Waals surface area contributed by atoms with Gasteiger partial charge in [-0.25, -0.2) is 23.1 Å². The van der Waals surface area contributed by atoms with Gasteiger partial charge in [0.25, 0.3) is 10.0 Å². The maximum atomic E-state index is 12.0. The van der Waals surface area contributed by atoms with Crippen LogP contribution in [0.3, 0.4) is 0 Å². The van der Waals surface area contributed by atoms with Crippen molar-refractivity contribution in [1.29, 1.82) is 0 Å². The molecule has 0 radical (unpaired) electrons. The standard InChI is InChI=1S/C11H11N3O3S/c1-17-9-4-2-5-10(8-9)18(15,16)14-11-12-6-3-7-13-11/h2-8H,1H3,(H,12,13,14). The van der Waals surface area contributed by atoms with E-state index in [9.17, 15) is 8.42 Å². The van der Waals surface area contributed by atoms with Gasteiger partial charge in [0, 0.05) is 18.5 Å². The molecule has 2 aromatic rings. The van der Waals surface area contributed by atoms with Crippen molar-refractivity contribution in [3.8, 4) is 5.75 Å². The van der Waals surface area contributed by atoms with Crippen molar-refractivity contribution in [3.63, 3.8) is 0 Å². The maximum absolute atomic E-state index is 12.0. The normalized spacial score (nSPS) is 10.9. The van der Waals surface area contributed by atoms with E-state index in [4.69, 9.17) is 4.74 Å². The summed E-state index contributed by atoms with van der Waals surface area (Å²) in [4.78, 5) is 7.69. The highest BCUT2D eigenvalue weighted by atomic mass is 32.2. The molecule has 0 aliphatic rings. The fourth-order valence-electron chi connectivity index (χ4n) is 1.30. The summed E-state index contributed by atoms with van der Waals surface area (Å²) in [6.45, 7) is 0. The molecule has 0 spiro atoms. The Hall–Kier alpha value is -2.15. The minimum absolute atomic E-state index is 0.0281. The Morgan fingerprint density at radius 1 is 1.17 bits per heavy atom. The number of nitrogens with zero attached hydrogens (tertiary/aromatic N) is 2. The summed E-state index contributed by atoms with van der Waals surface area (Å²) in [5, 5.41) is 0. The average molecular weight is 265 g/mol. The molecule has 0 saturated heterocycles. The van der Waals surface area contributed by atoms with Crippen LogP contribution in [0.5, 0.6) is 5.75 Å². The van der Waals surface area contributed by atoms with E-state index in [-0.39, 0.29) is 10.8 Å². The van der Waals surface area contributed by atoms with Crippen LogP contribution >= 0.6 is 0 Å². The predicted molar refractivity (Wildman–Crippen MR) is 65.8 cm³/mol. The lowest BCUT2D eigenvalue weighted by Crippen LogP contribution is -2.14. The first-order chi connectivity index (χ1) is 8.62. The molecule has 7 heteroatoms. The van der Waals surface area contributed by atoms with Crippen molar-refractivity contribution in [2.45, 2.75) is 4.90 Å². The first-order valence-corrected chi connectivity index (χ1v) is 6.54. The Morgan fingerprint density at radius 3 is 2.56 bits per heavy atom. The highest BCUT2D eigenvalue weighted by molar-refractivity contribution is 7.92. The summed E-state index contributed by atoms with van der Waals surface area (Å²) in [5.41, 5.74) is 0. The highest BCUT2D eigenvalue weighted by Crippen LogP contribution is 2.18. The number of ether oxygens (including phenoxy) is 1. The zero-order valence-electron chi connectivity index (χ0n) is 9.57. The molecule has 0 aliphatic heterocycles. The number of rotatable bonds is 4. The molecule has 0 unspecified atom stereocenters. The van der Waals surface area contributed by atoms with E-state index in [1.807, 2.05) is 0 Å². The van der Waals surface area contributed by atoms with E-state index in [0.717, 1.165) is 0 Å². The lowest BCUT2D eigenvalue weighted by Gasteiger charge is -2.07. The van der Waals surface area contributed by atoms with Crippen LogP contribution in [-0.4, -0.2) is 25.5 Å². The molecule has 2 rings (SSSR count). The van der Waals surface area contributed by atoms with Crippen molar-refractivity contribution in [3.05, 3.63) is 42.7 Å². The van der Waals surface area contributed by atoms with Gasteiger partial charge in [0.05, 0.1) is 12.0 Å². The summed E-state index contributed by atoms with van der Waals surface area (Å²) in [5.74, 6) is 0.493. The molecule has 1 aromatic heterocycles. The maximum Gasteiger partial charge on any atom is 0.264 e. The fraction of sp³-hybridized carbons (Fsp3) is 0.0909. The van der Waals surface area contributed by atoms with Crippen molar-refractivity contribution in [1.82, 2.24) is 9.97 Å². The van der Waals surface area contributed by atoms with Crippen LogP contribution in [0.1, 0.15) is 0 Å². The number of benzene rings is 1. The molecule has 94 valence electrons. The Balaban J connectivity index is 2.31. The van der Waals surface area contributed by atoms with Crippen LogP contribution in [-0.2, 0) is 10.0 Å². The van der Waals surface area contributed by atoms with Gasteiger partial charge in [0.15, 0.2) is 0 Å². The first-order valence-electron chi connectivity index (χ1n) is 5.06. The third kappa shape index (κ3) is 2.75. The third-order valence-electron chi connectivity index (χ3n) is 2.14. The lowest BCUT2D eigenvalue weighted by molar-refractivity contribution is 0.413. The van der Waals surface area contributed by atoms with Crippen LogP contribution in [0.15, 0.2) is 47.6 Å². The van der Waals surface area contributed by atoms with Gasteiger partial charge in [-0.3, -0.25) is 0 Å². The molecular formula is C11H11N3O3S. The smallest absolute Gasteiger partial charge is 0.264 e. The summed E-state index contributed by atoms with van der Waals surface area (Å²) in [6.07, 6.45) is 2.91. The quantitative estimate of drug-likeness (QED) is 0.900. The van der Waals surface area contributed by atoms with Gasteiger partial charge >= 0.3 is 0 Å². The van der Waals surface area contributed by atoms with Crippen molar-refractivity contribution < 1.29 is 13.2 Å². The average Bonchev–Trinajstić information content (AvgIpc) is 2.39. The van der Waals surface area contributed by atoms with Crippen LogP contribution < -0.4 is 9.46 Å². The zero-order chi connectivity index (χ0) is 13.0. The van der Waals surface area contributed by atoms with Gasteiger partial charge in [-0.05, 0) is 18.2 Å². The summed E-state index contributed by atoms with van der Waals surface area (Å²) in [7, 11) is -2.23. The topological polar surface area (TPSA) is 81.2 Å². The number of methoxy groups -OCH3 is 1. The minimum Gasteiger partial charge on any atom is -0.497 e. The molecular weight excluding hydrogens is 254 g/mol. The van der Waals surface area contributed by atoms with Gasteiger partial charge in [0.1, 0.15) is 5.75 Å². The van der Waals surface area contributed by atoms with E-state index >= 15 is 0 Å². The van der Waals surface area contributed by atoms with Crippen molar-refractivity contribution >= 4 is 16.0 Å². The predicted octanol–water partition coefficient (Wildman–Crippen LogP) is 1.29. The highest BCUT2D eigenvalue weighted by Gasteiger charge is 2.15. The number of aromatic nitrogens is 2. The molecule has 0 amide bonds. The van der Waals surface area contributed by atoms with Gasteiger partial charge in [0.2, 0.25) is 5.95 Å². The first kappa shape index (κ1) is 12.3. The lowest BCUT2D eigenvalue weighted by atomic mass is 10.3. The van der Waals surface area contributed by atoms with Gasteiger partial charge < -0.3 is 4.74 Å². The van der Waals surface area contributed by atoms with Gasteiger partial charge in [-0.1, -0.05) is 6.07 Å². The fourth-order valence-corrected chi connectivity index (χ4v) is 2.29. The molecule has 0 bridgehead atoms. The molecule has 1 aromatic carbocycles. The van der Waals surface area contributed by atoms with E-state index in [0.29, 0.717) is 5.75 Å². The molecule has 0 atom stereocenters. The monoisotopic (exact) mass is 265 g/mol. The molecule has 0 saturated carbocycles. The van der Waals surface area contributed by atoms with Crippen LogP contribution in [0.2, 0.25) is 0 Å². The van der Waals surface area contributed by atoms with Crippen LogP contribution in [0.25, 0.3) is 0 Å². The van der Waals surface area contributed by atoms with E-state index in [1.54, 1.807) is 18.2 Å². The number of hydrogen-bond donors (Lipinski definition) is 1. The molecule has 18 heavy (non-hydrogen) atoms. The molecule has 1 N–H and O–H groups in total. The molecule has 0 aliphatic carbocycles. The second kappa shape index (κ2) is 5.01. The Morgan fingerprint density at radius 2 is 1.89 bits per heavy atom. The van der Waals surface area contributed by atoms with E-state index in [2.05, 4.69) is 14.7 Å². The zero-order valence-corrected chi connectivity index (χ0v) is 10.4. The SMILES string of the molecule is COc1cccc(S(=O)(=O)Nc2ncccn2)c1. The largest absolute Gasteiger partial charge is 0.497 e. The van der Waals surface area contributed by atoms with E-state index in [1.165, 1.54) is 31.6 Å². The minimum atomic E-state index is -3.70. The number of nitrogens with one attached hydrogen (secondary N) is 1. The second-order valence-electron chi connectivity index (χ2n) is 3.36. The van der Waals surface area contributed by atoms with Crippen molar-refractivity contribution in [2.24, 2.45) is 0 Å². The Kier molecular flexibility index (Phi) is 3.42. The van der Waals surface area contributed by atoms with Crippen LogP contribution in [0, 0.1) is 0 Å². The van der Waals surface area contributed by atoms with Gasteiger partial charge in [-0.15, -0.1) is 0 Å². The second-order valence-corrected chi connectivity index (χ2v) is 5.04.